The van der Waals surface area contributed by atoms with Crippen molar-refractivity contribution in [2.75, 3.05) is 37.7 Å². The van der Waals surface area contributed by atoms with Gasteiger partial charge in [0.2, 0.25) is 0 Å². The van der Waals surface area contributed by atoms with E-state index in [-0.39, 0.29) is 6.03 Å². The van der Waals surface area contributed by atoms with Crippen LogP contribution in [-0.4, -0.2) is 64.5 Å². The third-order valence-corrected chi connectivity index (χ3v) is 5.97. The van der Waals surface area contributed by atoms with Gasteiger partial charge in [0.15, 0.2) is 0 Å². The summed E-state index contributed by atoms with van der Waals surface area (Å²) in [5.74, 6) is 2.29. The summed E-state index contributed by atoms with van der Waals surface area (Å²) in [5.41, 5.74) is 1.10. The molecule has 3 heterocycles. The number of rotatable bonds is 3. The average molecular weight is 334 g/mol. The average Bonchev–Trinajstić information content (AvgIpc) is 2.63. The molecule has 0 aliphatic carbocycles. The number of piperazine rings is 1. The van der Waals surface area contributed by atoms with E-state index in [2.05, 4.69) is 28.2 Å². The van der Waals surface area contributed by atoms with Crippen LogP contribution in [0.1, 0.15) is 31.5 Å². The molecule has 2 aliphatic heterocycles. The Labute approximate surface area is 142 Å². The molecule has 0 unspecified atom stereocenters. The van der Waals surface area contributed by atoms with Crippen molar-refractivity contribution >= 4 is 17.8 Å². The molecule has 1 aromatic heterocycles. The Hall–Kier alpha value is -1.27. The van der Waals surface area contributed by atoms with Gasteiger partial charge < -0.3 is 10.2 Å². The quantitative estimate of drug-likeness (QED) is 0.922. The molecular formula is C17H26N4OS. The van der Waals surface area contributed by atoms with Crippen LogP contribution in [0.3, 0.4) is 0 Å². The highest BCUT2D eigenvalue weighted by Crippen LogP contribution is 2.20. The fourth-order valence-corrected chi connectivity index (χ4v) is 4.31. The molecule has 0 aromatic carbocycles. The maximum Gasteiger partial charge on any atom is 0.317 e. The number of nitrogens with one attached hydrogen (secondary N) is 1. The largest absolute Gasteiger partial charge is 0.334 e. The topological polar surface area (TPSA) is 48.5 Å². The first-order chi connectivity index (χ1) is 11.2. The van der Waals surface area contributed by atoms with Gasteiger partial charge in [-0.1, -0.05) is 6.07 Å². The van der Waals surface area contributed by atoms with E-state index in [1.807, 2.05) is 35.0 Å². The lowest BCUT2D eigenvalue weighted by atomic mass is 10.1. The third-order valence-electron chi connectivity index (χ3n) is 4.75. The molecular weight excluding hydrogens is 308 g/mol. The Kier molecular flexibility index (Phi) is 5.78. The van der Waals surface area contributed by atoms with E-state index >= 15 is 0 Å². The summed E-state index contributed by atoms with van der Waals surface area (Å²) < 4.78 is 0. The number of hydrogen-bond acceptors (Lipinski definition) is 4. The maximum absolute atomic E-state index is 12.4. The van der Waals surface area contributed by atoms with Crippen molar-refractivity contribution in [2.24, 2.45) is 0 Å². The molecule has 6 heteroatoms. The molecule has 2 fully saturated rings. The predicted molar refractivity (Wildman–Crippen MR) is 94.7 cm³/mol. The van der Waals surface area contributed by atoms with Crippen molar-refractivity contribution < 1.29 is 4.79 Å². The monoisotopic (exact) mass is 334 g/mol. The molecule has 0 saturated carbocycles. The number of thioether (sulfide) groups is 1. The van der Waals surface area contributed by atoms with Crippen LogP contribution in [0.2, 0.25) is 0 Å². The second-order valence-electron chi connectivity index (χ2n) is 6.32. The molecule has 23 heavy (non-hydrogen) atoms. The van der Waals surface area contributed by atoms with Gasteiger partial charge in [0.25, 0.3) is 0 Å². The Balaban J connectivity index is 1.47. The summed E-state index contributed by atoms with van der Waals surface area (Å²) in [4.78, 5) is 21.2. The molecule has 0 bridgehead atoms. The van der Waals surface area contributed by atoms with Crippen LogP contribution in [0.5, 0.6) is 0 Å². The summed E-state index contributed by atoms with van der Waals surface area (Å²) in [6.45, 7) is 5.60. The van der Waals surface area contributed by atoms with Crippen LogP contribution in [-0.2, 0) is 0 Å². The van der Waals surface area contributed by atoms with Gasteiger partial charge in [-0.3, -0.25) is 9.88 Å². The van der Waals surface area contributed by atoms with E-state index in [0.29, 0.717) is 12.1 Å². The van der Waals surface area contributed by atoms with Crippen molar-refractivity contribution in [3.05, 3.63) is 30.1 Å². The molecule has 2 atom stereocenters. The first-order valence-electron chi connectivity index (χ1n) is 8.52. The minimum absolute atomic E-state index is 0.114. The normalized spacial score (nSPS) is 24.2. The molecule has 0 radical (unpaired) electrons. The van der Waals surface area contributed by atoms with Gasteiger partial charge in [0.05, 0.1) is 5.69 Å². The van der Waals surface area contributed by atoms with Crippen LogP contribution < -0.4 is 5.32 Å². The van der Waals surface area contributed by atoms with E-state index in [1.54, 1.807) is 0 Å². The van der Waals surface area contributed by atoms with Crippen LogP contribution in [0.15, 0.2) is 24.4 Å². The van der Waals surface area contributed by atoms with Gasteiger partial charge in [-0.05, 0) is 37.7 Å². The molecule has 2 aliphatic rings. The molecule has 2 saturated heterocycles. The van der Waals surface area contributed by atoms with Crippen LogP contribution >= 0.6 is 11.8 Å². The highest BCUT2D eigenvalue weighted by atomic mass is 32.2. The molecule has 2 amide bonds. The summed E-state index contributed by atoms with van der Waals surface area (Å²) >= 11 is 1.95. The highest BCUT2D eigenvalue weighted by Gasteiger charge is 2.26. The smallest absolute Gasteiger partial charge is 0.317 e. The van der Waals surface area contributed by atoms with Gasteiger partial charge in [-0.15, -0.1) is 0 Å². The SMILES string of the molecule is C[C@H](c1ccccn1)N1CCN(C(=O)N[C@@H]2CCCSC2)CC1. The van der Waals surface area contributed by atoms with E-state index < -0.39 is 0 Å². The van der Waals surface area contributed by atoms with E-state index in [4.69, 9.17) is 0 Å². The second-order valence-corrected chi connectivity index (χ2v) is 7.47. The first-order valence-corrected chi connectivity index (χ1v) is 9.67. The molecule has 1 N–H and O–H groups in total. The summed E-state index contributed by atoms with van der Waals surface area (Å²) in [6.07, 6.45) is 4.18. The number of hydrogen-bond donors (Lipinski definition) is 1. The number of nitrogens with zero attached hydrogens (tertiary/aromatic N) is 3. The zero-order chi connectivity index (χ0) is 16.1. The van der Waals surface area contributed by atoms with Crippen molar-refractivity contribution in [3.63, 3.8) is 0 Å². The van der Waals surface area contributed by atoms with Gasteiger partial charge in [-0.2, -0.15) is 11.8 Å². The Bertz CT molecular complexity index is 499. The van der Waals surface area contributed by atoms with Crippen molar-refractivity contribution in [1.82, 2.24) is 20.1 Å². The summed E-state index contributed by atoms with van der Waals surface area (Å²) in [6, 6.07) is 6.82. The summed E-state index contributed by atoms with van der Waals surface area (Å²) in [7, 11) is 0. The van der Waals surface area contributed by atoms with Gasteiger partial charge in [0.1, 0.15) is 0 Å². The minimum atomic E-state index is 0.114. The fraction of sp³-hybridized carbons (Fsp3) is 0.647. The molecule has 1 aromatic rings. The fourth-order valence-electron chi connectivity index (χ4n) is 3.24. The number of urea groups is 1. The highest BCUT2D eigenvalue weighted by molar-refractivity contribution is 7.99. The zero-order valence-corrected chi connectivity index (χ0v) is 14.6. The van der Waals surface area contributed by atoms with Crippen LogP contribution in [0.4, 0.5) is 4.79 Å². The Morgan fingerprint density at radius 3 is 2.83 bits per heavy atom. The Morgan fingerprint density at radius 1 is 1.35 bits per heavy atom. The van der Waals surface area contributed by atoms with Crippen molar-refractivity contribution in [2.45, 2.75) is 31.8 Å². The van der Waals surface area contributed by atoms with E-state index in [9.17, 15) is 4.79 Å². The van der Waals surface area contributed by atoms with E-state index in [1.165, 1.54) is 12.2 Å². The van der Waals surface area contributed by atoms with E-state index in [0.717, 1.165) is 44.0 Å². The third kappa shape index (κ3) is 4.38. The standard InChI is InChI=1S/C17H26N4OS/c1-14(16-6-2-3-7-18-16)20-8-10-21(11-9-20)17(22)19-15-5-4-12-23-13-15/h2-3,6-7,14-15H,4-5,8-13H2,1H3,(H,19,22)/t14-,15-/m1/s1. The lowest BCUT2D eigenvalue weighted by Crippen LogP contribution is -2.54. The van der Waals surface area contributed by atoms with Crippen LogP contribution in [0, 0.1) is 0 Å². The van der Waals surface area contributed by atoms with Crippen LogP contribution in [0.25, 0.3) is 0 Å². The van der Waals surface area contributed by atoms with Gasteiger partial charge in [-0.25, -0.2) is 4.79 Å². The van der Waals surface area contributed by atoms with Crippen molar-refractivity contribution in [1.29, 1.82) is 0 Å². The number of amides is 2. The van der Waals surface area contributed by atoms with Gasteiger partial charge >= 0.3 is 6.03 Å². The molecule has 3 rings (SSSR count). The molecule has 5 nitrogen and oxygen atoms in total. The second kappa shape index (κ2) is 8.02. The Morgan fingerprint density at radius 2 is 2.17 bits per heavy atom. The number of aromatic nitrogens is 1. The zero-order valence-electron chi connectivity index (χ0n) is 13.8. The summed E-state index contributed by atoms with van der Waals surface area (Å²) in [5, 5.41) is 3.20. The molecule has 0 spiro atoms. The number of pyridine rings is 1. The number of carbonyl (C=O) groups excluding carboxylic acids is 1. The predicted octanol–water partition coefficient (Wildman–Crippen LogP) is 2.37. The minimum Gasteiger partial charge on any atom is -0.334 e. The molecule has 126 valence electrons. The lowest BCUT2D eigenvalue weighted by Gasteiger charge is -2.38. The first kappa shape index (κ1) is 16.6. The number of carbonyl (C=O) groups is 1. The lowest BCUT2D eigenvalue weighted by molar-refractivity contribution is 0.111. The maximum atomic E-state index is 12.4. The van der Waals surface area contributed by atoms with Gasteiger partial charge in [0, 0.05) is 50.2 Å². The van der Waals surface area contributed by atoms with Crippen molar-refractivity contribution in [3.8, 4) is 0 Å².